The van der Waals surface area contributed by atoms with Crippen molar-refractivity contribution in [2.75, 3.05) is 6.54 Å². The second kappa shape index (κ2) is 6.86. The first kappa shape index (κ1) is 14.3. The first-order valence-electron chi connectivity index (χ1n) is 6.32. The van der Waals surface area contributed by atoms with Crippen LogP contribution in [0.15, 0.2) is 42.5 Å². The molecule has 0 saturated heterocycles. The monoisotopic (exact) mass is 289 g/mol. The third-order valence-electron chi connectivity index (χ3n) is 2.81. The van der Waals surface area contributed by atoms with E-state index in [0.29, 0.717) is 11.4 Å². The number of hydrogen-bond acceptors (Lipinski definition) is 3. The minimum Gasteiger partial charge on any atom is -0.477 e. The van der Waals surface area contributed by atoms with E-state index < -0.39 is 5.97 Å². The van der Waals surface area contributed by atoms with Crippen LogP contribution in [0.1, 0.15) is 31.3 Å². The minimum atomic E-state index is -1.00. The van der Waals surface area contributed by atoms with Gasteiger partial charge in [0.05, 0.1) is 4.88 Å². The maximum atomic E-state index is 11.8. The van der Waals surface area contributed by atoms with Gasteiger partial charge in [0.2, 0.25) is 0 Å². The third kappa shape index (κ3) is 3.93. The van der Waals surface area contributed by atoms with Crippen LogP contribution in [0.4, 0.5) is 0 Å². The highest BCUT2D eigenvalue weighted by molar-refractivity contribution is 7.15. The zero-order chi connectivity index (χ0) is 14.4. The lowest BCUT2D eigenvalue weighted by Gasteiger charge is -2.03. The molecule has 0 saturated carbocycles. The molecule has 0 fully saturated rings. The fraction of sp³-hybridized carbons (Fsp3) is 0.200. The number of aromatic carboxylic acids is 1. The average Bonchev–Trinajstić information content (AvgIpc) is 2.94. The summed E-state index contributed by atoms with van der Waals surface area (Å²) in [5.74, 6) is -1.21. The molecule has 1 aromatic heterocycles. The molecule has 2 N–H and O–H groups in total. The number of benzene rings is 1. The predicted molar refractivity (Wildman–Crippen MR) is 78.4 cm³/mol. The minimum absolute atomic E-state index is 0.180. The predicted octanol–water partition coefficient (Wildman–Crippen LogP) is 2.81. The van der Waals surface area contributed by atoms with E-state index >= 15 is 0 Å². The van der Waals surface area contributed by atoms with Crippen molar-refractivity contribution in [2.45, 2.75) is 12.8 Å². The molecule has 1 heterocycles. The fourth-order valence-corrected chi connectivity index (χ4v) is 2.56. The molecule has 20 heavy (non-hydrogen) atoms. The molecule has 104 valence electrons. The zero-order valence-electron chi connectivity index (χ0n) is 10.8. The zero-order valence-corrected chi connectivity index (χ0v) is 11.7. The molecule has 1 amide bonds. The number of rotatable bonds is 6. The van der Waals surface area contributed by atoms with Gasteiger partial charge in [-0.25, -0.2) is 4.79 Å². The van der Waals surface area contributed by atoms with Crippen molar-refractivity contribution in [3.63, 3.8) is 0 Å². The summed E-state index contributed by atoms with van der Waals surface area (Å²) in [6.45, 7) is 0.577. The summed E-state index contributed by atoms with van der Waals surface area (Å²) in [7, 11) is 0. The largest absolute Gasteiger partial charge is 0.477 e. The number of nitrogens with one attached hydrogen (secondary N) is 1. The Bertz CT molecular complexity index is 592. The normalized spacial score (nSPS) is 10.2. The molecule has 0 radical (unpaired) electrons. The molecule has 5 heteroatoms. The first-order chi connectivity index (χ1) is 9.66. The van der Waals surface area contributed by atoms with Crippen LogP contribution in [-0.2, 0) is 6.42 Å². The van der Waals surface area contributed by atoms with Gasteiger partial charge in [-0.3, -0.25) is 4.79 Å². The Kier molecular flexibility index (Phi) is 4.90. The quantitative estimate of drug-likeness (QED) is 0.804. The number of carboxylic acid groups (broad SMARTS) is 1. The van der Waals surface area contributed by atoms with Crippen LogP contribution in [0.25, 0.3) is 0 Å². The number of amides is 1. The lowest BCUT2D eigenvalue weighted by atomic mass is 10.1. The number of carbonyl (C=O) groups is 2. The van der Waals surface area contributed by atoms with Crippen LogP contribution in [0.2, 0.25) is 0 Å². The van der Waals surface area contributed by atoms with Crippen molar-refractivity contribution in [1.82, 2.24) is 5.32 Å². The van der Waals surface area contributed by atoms with Gasteiger partial charge in [0.15, 0.2) is 0 Å². The van der Waals surface area contributed by atoms with Crippen LogP contribution < -0.4 is 5.32 Å². The molecule has 0 aliphatic rings. The van der Waals surface area contributed by atoms with Gasteiger partial charge in [-0.15, -0.1) is 11.3 Å². The molecule has 0 bridgehead atoms. The number of carbonyl (C=O) groups excluding carboxylic acids is 1. The van der Waals surface area contributed by atoms with E-state index in [0.717, 1.165) is 24.2 Å². The number of hydrogen-bond donors (Lipinski definition) is 2. The first-order valence-corrected chi connectivity index (χ1v) is 7.14. The van der Waals surface area contributed by atoms with E-state index in [4.69, 9.17) is 5.11 Å². The number of aryl methyl sites for hydroxylation is 1. The lowest BCUT2D eigenvalue weighted by Crippen LogP contribution is -2.23. The molecular weight excluding hydrogens is 274 g/mol. The second-order valence-corrected chi connectivity index (χ2v) is 5.40. The van der Waals surface area contributed by atoms with Gasteiger partial charge in [0, 0.05) is 6.54 Å². The molecular formula is C15H15NO3S. The van der Waals surface area contributed by atoms with E-state index in [1.807, 2.05) is 18.2 Å². The van der Waals surface area contributed by atoms with Crippen LogP contribution in [0.3, 0.4) is 0 Å². The molecule has 2 aromatic rings. The Morgan fingerprint density at radius 1 is 1.05 bits per heavy atom. The van der Waals surface area contributed by atoms with Gasteiger partial charge in [0.25, 0.3) is 5.91 Å². The van der Waals surface area contributed by atoms with E-state index in [2.05, 4.69) is 17.4 Å². The standard InChI is InChI=1S/C15H15NO3S/c17-14(12-8-9-13(20-12)15(18)19)16-10-4-7-11-5-2-1-3-6-11/h1-3,5-6,8-9H,4,7,10H2,(H,16,17)(H,18,19). The highest BCUT2D eigenvalue weighted by Gasteiger charge is 2.12. The van der Waals surface area contributed by atoms with Crippen LogP contribution in [0, 0.1) is 0 Å². The molecule has 0 atom stereocenters. The fourth-order valence-electron chi connectivity index (χ4n) is 1.80. The van der Waals surface area contributed by atoms with E-state index in [1.54, 1.807) is 6.07 Å². The Labute approximate surface area is 121 Å². The van der Waals surface area contributed by atoms with Crippen LogP contribution in [-0.4, -0.2) is 23.5 Å². The van der Waals surface area contributed by atoms with Gasteiger partial charge >= 0.3 is 5.97 Å². The van der Waals surface area contributed by atoms with E-state index in [-0.39, 0.29) is 10.8 Å². The maximum Gasteiger partial charge on any atom is 0.345 e. The number of carboxylic acids is 1. The summed E-state index contributed by atoms with van der Waals surface area (Å²) in [5.41, 5.74) is 1.24. The molecule has 0 unspecified atom stereocenters. The third-order valence-corrected chi connectivity index (χ3v) is 3.88. The summed E-state index contributed by atoms with van der Waals surface area (Å²) in [6.07, 6.45) is 1.76. The van der Waals surface area contributed by atoms with Crippen molar-refractivity contribution in [1.29, 1.82) is 0 Å². The molecule has 1 aromatic carbocycles. The molecule has 0 spiro atoms. The van der Waals surface area contributed by atoms with E-state index in [9.17, 15) is 9.59 Å². The van der Waals surface area contributed by atoms with Crippen molar-refractivity contribution >= 4 is 23.2 Å². The van der Waals surface area contributed by atoms with Gasteiger partial charge < -0.3 is 10.4 Å². The van der Waals surface area contributed by atoms with Gasteiger partial charge in [0.1, 0.15) is 4.88 Å². The smallest absolute Gasteiger partial charge is 0.345 e. The highest BCUT2D eigenvalue weighted by atomic mass is 32.1. The summed E-state index contributed by atoms with van der Waals surface area (Å²) in [5, 5.41) is 11.6. The molecule has 0 aliphatic heterocycles. The van der Waals surface area contributed by atoms with Crippen LogP contribution >= 0.6 is 11.3 Å². The van der Waals surface area contributed by atoms with Gasteiger partial charge in [-0.2, -0.15) is 0 Å². The Morgan fingerprint density at radius 3 is 2.40 bits per heavy atom. The SMILES string of the molecule is O=C(O)c1ccc(C(=O)NCCCc2ccccc2)s1. The van der Waals surface area contributed by atoms with Gasteiger partial charge in [-0.05, 0) is 30.5 Å². The van der Waals surface area contributed by atoms with Crippen molar-refractivity contribution in [3.8, 4) is 0 Å². The van der Waals surface area contributed by atoms with Crippen molar-refractivity contribution in [2.24, 2.45) is 0 Å². The summed E-state index contributed by atoms with van der Waals surface area (Å²) in [6, 6.07) is 13.1. The Balaban J connectivity index is 1.76. The second-order valence-electron chi connectivity index (χ2n) is 4.31. The Hall–Kier alpha value is -2.14. The van der Waals surface area contributed by atoms with Crippen molar-refractivity contribution in [3.05, 3.63) is 57.8 Å². The van der Waals surface area contributed by atoms with E-state index in [1.165, 1.54) is 11.6 Å². The summed E-state index contributed by atoms with van der Waals surface area (Å²) in [4.78, 5) is 23.1. The molecule has 4 nitrogen and oxygen atoms in total. The summed E-state index contributed by atoms with van der Waals surface area (Å²) < 4.78 is 0. The maximum absolute atomic E-state index is 11.8. The Morgan fingerprint density at radius 2 is 1.75 bits per heavy atom. The molecule has 0 aliphatic carbocycles. The lowest BCUT2D eigenvalue weighted by molar-refractivity contribution is 0.0702. The average molecular weight is 289 g/mol. The number of thiophene rings is 1. The molecule has 2 rings (SSSR count). The highest BCUT2D eigenvalue weighted by Crippen LogP contribution is 2.16. The topological polar surface area (TPSA) is 66.4 Å². The van der Waals surface area contributed by atoms with Crippen molar-refractivity contribution < 1.29 is 14.7 Å². The summed E-state index contributed by atoms with van der Waals surface area (Å²) >= 11 is 0.992. The van der Waals surface area contributed by atoms with Gasteiger partial charge in [-0.1, -0.05) is 30.3 Å². The van der Waals surface area contributed by atoms with Crippen LogP contribution in [0.5, 0.6) is 0 Å².